The Bertz CT molecular complexity index is 856. The molecule has 5 rings (SSSR count). The molecule has 0 spiro atoms. The Morgan fingerprint density at radius 1 is 1.16 bits per heavy atom. The van der Waals surface area contributed by atoms with Crippen LogP contribution < -0.4 is 9.64 Å². The number of benzene rings is 1. The Kier molecular flexibility index (Phi) is 5.49. The number of piperazine rings is 1. The van der Waals surface area contributed by atoms with Crippen LogP contribution in [0, 0.1) is 17.3 Å². The Morgan fingerprint density at radius 3 is 2.61 bits per heavy atom. The third-order valence-electron chi connectivity index (χ3n) is 8.44. The molecule has 1 aromatic carbocycles. The van der Waals surface area contributed by atoms with E-state index in [1.807, 2.05) is 12.1 Å². The second kappa shape index (κ2) is 8.16. The largest absolute Gasteiger partial charge is 0.497 e. The lowest BCUT2D eigenvalue weighted by molar-refractivity contribution is -0.145. The van der Waals surface area contributed by atoms with Crippen molar-refractivity contribution in [3.8, 4) is 5.75 Å². The number of rotatable bonds is 4. The summed E-state index contributed by atoms with van der Waals surface area (Å²) >= 11 is 0. The van der Waals surface area contributed by atoms with Gasteiger partial charge in [-0.15, -0.1) is 0 Å². The van der Waals surface area contributed by atoms with E-state index in [0.29, 0.717) is 5.92 Å². The van der Waals surface area contributed by atoms with E-state index in [1.54, 1.807) is 18.3 Å². The summed E-state index contributed by atoms with van der Waals surface area (Å²) in [5, 5.41) is 0. The van der Waals surface area contributed by atoms with Crippen LogP contribution in [-0.4, -0.2) is 56.8 Å². The summed E-state index contributed by atoms with van der Waals surface area (Å²) in [6.07, 6.45) is 5.97. The lowest BCUT2D eigenvalue weighted by Crippen LogP contribution is -2.49. The quantitative estimate of drug-likeness (QED) is 0.533. The van der Waals surface area contributed by atoms with E-state index in [2.05, 4.69) is 35.8 Å². The van der Waals surface area contributed by atoms with Gasteiger partial charge in [0.25, 0.3) is 0 Å². The fraction of sp³-hybridized carbons (Fsp3) is 0.654. The third-order valence-corrected chi connectivity index (χ3v) is 8.44. The van der Waals surface area contributed by atoms with Gasteiger partial charge in [0.1, 0.15) is 11.9 Å². The van der Waals surface area contributed by atoms with Crippen LogP contribution in [0.25, 0.3) is 0 Å². The molecular weight excluding hydrogens is 388 g/mol. The molecule has 0 unspecified atom stereocenters. The van der Waals surface area contributed by atoms with Crippen molar-refractivity contribution in [3.63, 3.8) is 0 Å². The average Bonchev–Trinajstić information content (AvgIpc) is 3.06. The second-order valence-electron chi connectivity index (χ2n) is 10.3. The molecule has 5 heteroatoms. The fourth-order valence-electron chi connectivity index (χ4n) is 6.58. The number of carbonyl (C=O) groups is 1. The van der Waals surface area contributed by atoms with Gasteiger partial charge in [-0.2, -0.15) is 0 Å². The first-order valence-electron chi connectivity index (χ1n) is 12.0. The standard InChI is InChI=1S/C26H36N2O3/c1-18-5-4-10-26(2)16-24-21(15-23(18)26)22(25(29)31-24)17-27-11-13-28(14-12-27)19-6-8-20(30-3)9-7-19/h6-9,21-22,24H,4-5,10-17H2,1-3H3/t21-,22-,24-,26-/m1/s1. The maximum absolute atomic E-state index is 12.9. The molecule has 1 saturated carbocycles. The molecule has 168 valence electrons. The minimum absolute atomic E-state index is 0.0318. The van der Waals surface area contributed by atoms with Crippen LogP contribution in [0.3, 0.4) is 0 Å². The molecule has 0 radical (unpaired) electrons. The van der Waals surface area contributed by atoms with Gasteiger partial charge in [0.15, 0.2) is 0 Å². The minimum atomic E-state index is 0.0318. The maximum atomic E-state index is 12.9. The van der Waals surface area contributed by atoms with Gasteiger partial charge in [0, 0.05) is 44.3 Å². The first-order chi connectivity index (χ1) is 15.0. The number of nitrogens with zero attached hydrogens (tertiary/aromatic N) is 2. The van der Waals surface area contributed by atoms with Crippen LogP contribution >= 0.6 is 0 Å². The topological polar surface area (TPSA) is 42.0 Å². The molecule has 4 atom stereocenters. The number of carbonyl (C=O) groups excluding carboxylic acids is 1. The van der Waals surface area contributed by atoms with E-state index in [1.165, 1.54) is 24.9 Å². The van der Waals surface area contributed by atoms with Crippen molar-refractivity contribution >= 4 is 11.7 Å². The van der Waals surface area contributed by atoms with Crippen molar-refractivity contribution in [3.05, 3.63) is 35.4 Å². The highest BCUT2D eigenvalue weighted by Gasteiger charge is 2.53. The van der Waals surface area contributed by atoms with Gasteiger partial charge < -0.3 is 14.4 Å². The minimum Gasteiger partial charge on any atom is -0.497 e. The predicted molar refractivity (Wildman–Crippen MR) is 122 cm³/mol. The van der Waals surface area contributed by atoms with Gasteiger partial charge in [0.05, 0.1) is 13.0 Å². The van der Waals surface area contributed by atoms with Crippen molar-refractivity contribution in [1.29, 1.82) is 0 Å². The number of ether oxygens (including phenoxy) is 2. The molecule has 0 amide bonds. The van der Waals surface area contributed by atoms with E-state index in [4.69, 9.17) is 9.47 Å². The summed E-state index contributed by atoms with van der Waals surface area (Å²) in [6.45, 7) is 9.53. The van der Waals surface area contributed by atoms with E-state index in [9.17, 15) is 4.79 Å². The molecule has 0 bridgehead atoms. The normalized spacial score (nSPS) is 33.7. The van der Waals surface area contributed by atoms with E-state index in [-0.39, 0.29) is 23.4 Å². The molecule has 2 aliphatic heterocycles. The van der Waals surface area contributed by atoms with Crippen LogP contribution in [0.2, 0.25) is 0 Å². The van der Waals surface area contributed by atoms with Gasteiger partial charge in [-0.3, -0.25) is 9.69 Å². The molecule has 2 aliphatic carbocycles. The Morgan fingerprint density at radius 2 is 1.90 bits per heavy atom. The molecule has 2 saturated heterocycles. The highest BCUT2D eigenvalue weighted by atomic mass is 16.6. The number of hydrogen-bond acceptors (Lipinski definition) is 5. The van der Waals surface area contributed by atoms with Crippen molar-refractivity contribution in [2.75, 3.05) is 44.7 Å². The molecule has 31 heavy (non-hydrogen) atoms. The summed E-state index contributed by atoms with van der Waals surface area (Å²) < 4.78 is 11.2. The molecule has 1 aromatic rings. The lowest BCUT2D eigenvalue weighted by atomic mass is 9.59. The number of anilines is 1. The van der Waals surface area contributed by atoms with Crippen LogP contribution in [0.1, 0.15) is 46.0 Å². The molecule has 5 nitrogen and oxygen atoms in total. The van der Waals surface area contributed by atoms with E-state index in [0.717, 1.165) is 51.3 Å². The zero-order chi connectivity index (χ0) is 21.6. The highest BCUT2D eigenvalue weighted by Crippen LogP contribution is 2.55. The maximum Gasteiger partial charge on any atom is 0.310 e. The summed E-state index contributed by atoms with van der Waals surface area (Å²) in [5.74, 6) is 1.34. The number of allylic oxidation sites excluding steroid dienone is 2. The number of methoxy groups -OCH3 is 1. The lowest BCUT2D eigenvalue weighted by Gasteiger charge is -2.46. The smallest absolute Gasteiger partial charge is 0.310 e. The van der Waals surface area contributed by atoms with Crippen molar-refractivity contribution in [2.24, 2.45) is 17.3 Å². The van der Waals surface area contributed by atoms with Crippen LogP contribution in [0.5, 0.6) is 5.75 Å². The Balaban J connectivity index is 1.22. The number of esters is 1. The summed E-state index contributed by atoms with van der Waals surface area (Å²) in [4.78, 5) is 17.8. The first-order valence-corrected chi connectivity index (χ1v) is 12.0. The van der Waals surface area contributed by atoms with Gasteiger partial charge in [-0.25, -0.2) is 0 Å². The van der Waals surface area contributed by atoms with Gasteiger partial charge in [-0.1, -0.05) is 18.1 Å². The van der Waals surface area contributed by atoms with Crippen LogP contribution in [0.15, 0.2) is 35.4 Å². The van der Waals surface area contributed by atoms with Crippen molar-refractivity contribution < 1.29 is 14.3 Å². The van der Waals surface area contributed by atoms with E-state index >= 15 is 0 Å². The molecule has 0 N–H and O–H groups in total. The Hall–Kier alpha value is -2.01. The summed E-state index contributed by atoms with van der Waals surface area (Å²) in [7, 11) is 1.70. The van der Waals surface area contributed by atoms with Gasteiger partial charge in [-0.05, 0) is 68.7 Å². The molecule has 4 aliphatic rings. The van der Waals surface area contributed by atoms with Crippen LogP contribution in [0.4, 0.5) is 5.69 Å². The third kappa shape index (κ3) is 3.86. The first kappa shape index (κ1) is 20.9. The van der Waals surface area contributed by atoms with Crippen molar-refractivity contribution in [2.45, 2.75) is 52.1 Å². The zero-order valence-corrected chi connectivity index (χ0v) is 19.2. The van der Waals surface area contributed by atoms with Crippen molar-refractivity contribution in [1.82, 2.24) is 4.90 Å². The monoisotopic (exact) mass is 424 g/mol. The SMILES string of the molecule is COc1ccc(N2CCN(C[C@H]3C(=O)O[C@@H]4C[C@@]5(C)CCCC(C)=C5C[C@@H]43)CC2)cc1. The molecule has 2 heterocycles. The van der Waals surface area contributed by atoms with Gasteiger partial charge in [0.2, 0.25) is 0 Å². The zero-order valence-electron chi connectivity index (χ0n) is 19.2. The number of hydrogen-bond donors (Lipinski definition) is 0. The van der Waals surface area contributed by atoms with Gasteiger partial charge >= 0.3 is 5.97 Å². The van der Waals surface area contributed by atoms with Crippen LogP contribution in [-0.2, 0) is 9.53 Å². The Labute approximate surface area is 186 Å². The summed E-state index contributed by atoms with van der Waals surface area (Å²) in [6, 6.07) is 8.31. The second-order valence-corrected chi connectivity index (χ2v) is 10.3. The van der Waals surface area contributed by atoms with E-state index < -0.39 is 0 Å². The average molecular weight is 425 g/mol. The molecular formula is C26H36N2O3. The molecule has 0 aromatic heterocycles. The summed E-state index contributed by atoms with van der Waals surface area (Å²) in [5.41, 5.74) is 4.72. The fourth-order valence-corrected chi connectivity index (χ4v) is 6.58. The highest BCUT2D eigenvalue weighted by molar-refractivity contribution is 5.76. The molecule has 3 fully saturated rings. The number of fused-ring (bicyclic) bond motifs is 2. The predicted octanol–water partition coefficient (Wildman–Crippen LogP) is 4.28.